The SMILES string of the molecule is OCCN1CCO[C@H](COc2cccc(Br)c2)C1. The maximum atomic E-state index is 8.92. The van der Waals surface area contributed by atoms with Gasteiger partial charge in [-0.2, -0.15) is 0 Å². The molecule has 1 heterocycles. The topological polar surface area (TPSA) is 41.9 Å². The molecule has 1 fully saturated rings. The Hall–Kier alpha value is -0.620. The Kier molecular flexibility index (Phi) is 5.44. The molecule has 1 aromatic carbocycles. The molecule has 0 radical (unpaired) electrons. The zero-order valence-electron chi connectivity index (χ0n) is 10.2. The summed E-state index contributed by atoms with van der Waals surface area (Å²) in [5.74, 6) is 0.840. The average Bonchev–Trinajstić information content (AvgIpc) is 2.37. The van der Waals surface area contributed by atoms with Gasteiger partial charge in [0.25, 0.3) is 0 Å². The van der Waals surface area contributed by atoms with E-state index in [4.69, 9.17) is 14.6 Å². The molecule has 100 valence electrons. The van der Waals surface area contributed by atoms with Gasteiger partial charge in [-0.15, -0.1) is 0 Å². The van der Waals surface area contributed by atoms with Crippen LogP contribution in [0.5, 0.6) is 5.75 Å². The van der Waals surface area contributed by atoms with Crippen molar-refractivity contribution in [2.45, 2.75) is 6.10 Å². The van der Waals surface area contributed by atoms with Gasteiger partial charge in [0.05, 0.1) is 13.2 Å². The summed E-state index contributed by atoms with van der Waals surface area (Å²) in [6, 6.07) is 7.78. The summed E-state index contributed by atoms with van der Waals surface area (Å²) in [7, 11) is 0. The molecule has 1 saturated heterocycles. The third-order valence-corrected chi connectivity index (χ3v) is 3.36. The molecule has 1 aromatic rings. The van der Waals surface area contributed by atoms with Gasteiger partial charge in [0.1, 0.15) is 18.5 Å². The Morgan fingerprint density at radius 3 is 3.17 bits per heavy atom. The van der Waals surface area contributed by atoms with E-state index in [1.165, 1.54) is 0 Å². The van der Waals surface area contributed by atoms with Crippen LogP contribution in [-0.2, 0) is 4.74 Å². The molecule has 2 rings (SSSR count). The van der Waals surface area contributed by atoms with E-state index in [1.807, 2.05) is 24.3 Å². The van der Waals surface area contributed by atoms with Crippen LogP contribution in [-0.4, -0.2) is 55.6 Å². The summed E-state index contributed by atoms with van der Waals surface area (Å²) < 4.78 is 12.4. The van der Waals surface area contributed by atoms with Crippen LogP contribution < -0.4 is 4.74 Å². The van der Waals surface area contributed by atoms with Gasteiger partial charge in [-0.1, -0.05) is 22.0 Å². The fourth-order valence-electron chi connectivity index (χ4n) is 1.97. The van der Waals surface area contributed by atoms with Crippen LogP contribution >= 0.6 is 15.9 Å². The molecule has 1 aliphatic rings. The van der Waals surface area contributed by atoms with Gasteiger partial charge in [0, 0.05) is 24.1 Å². The van der Waals surface area contributed by atoms with E-state index in [0.717, 1.165) is 23.3 Å². The van der Waals surface area contributed by atoms with E-state index in [1.54, 1.807) is 0 Å². The molecule has 4 nitrogen and oxygen atoms in total. The van der Waals surface area contributed by atoms with E-state index in [2.05, 4.69) is 20.8 Å². The van der Waals surface area contributed by atoms with E-state index < -0.39 is 0 Å². The number of aliphatic hydroxyl groups is 1. The van der Waals surface area contributed by atoms with Crippen LogP contribution in [0.3, 0.4) is 0 Å². The minimum absolute atomic E-state index is 0.0734. The normalized spacial score (nSPS) is 20.9. The average molecular weight is 316 g/mol. The maximum absolute atomic E-state index is 8.92. The molecule has 1 atom stereocenters. The van der Waals surface area contributed by atoms with Gasteiger partial charge in [0.15, 0.2) is 0 Å². The van der Waals surface area contributed by atoms with E-state index >= 15 is 0 Å². The number of morpholine rings is 1. The first-order valence-electron chi connectivity index (χ1n) is 6.11. The summed E-state index contributed by atoms with van der Waals surface area (Å²) >= 11 is 3.41. The maximum Gasteiger partial charge on any atom is 0.120 e. The Balaban J connectivity index is 1.79. The standard InChI is InChI=1S/C13H18BrNO3/c14-11-2-1-3-12(8-11)18-10-13-9-15(4-6-16)5-7-17-13/h1-3,8,13,16H,4-7,9-10H2/t13-/m0/s1. The second-order valence-corrected chi connectivity index (χ2v) is 5.20. The van der Waals surface area contributed by atoms with Gasteiger partial charge < -0.3 is 14.6 Å². The third-order valence-electron chi connectivity index (χ3n) is 2.87. The lowest BCUT2D eigenvalue weighted by atomic mass is 10.3. The van der Waals surface area contributed by atoms with Gasteiger partial charge >= 0.3 is 0 Å². The summed E-state index contributed by atoms with van der Waals surface area (Å²) in [5, 5.41) is 8.92. The predicted octanol–water partition coefficient (Wildman–Crippen LogP) is 1.52. The molecule has 0 bridgehead atoms. The van der Waals surface area contributed by atoms with Gasteiger partial charge in [0.2, 0.25) is 0 Å². The Labute approximate surface area is 116 Å². The van der Waals surface area contributed by atoms with E-state index in [9.17, 15) is 0 Å². The highest BCUT2D eigenvalue weighted by atomic mass is 79.9. The Morgan fingerprint density at radius 1 is 1.50 bits per heavy atom. The number of rotatable bonds is 5. The number of benzene rings is 1. The quantitative estimate of drug-likeness (QED) is 0.894. The Morgan fingerprint density at radius 2 is 2.39 bits per heavy atom. The minimum atomic E-state index is 0.0734. The first-order chi connectivity index (χ1) is 8.78. The monoisotopic (exact) mass is 315 g/mol. The second kappa shape index (κ2) is 7.09. The number of nitrogens with zero attached hydrogens (tertiary/aromatic N) is 1. The van der Waals surface area contributed by atoms with Crippen molar-refractivity contribution in [3.8, 4) is 5.75 Å². The summed E-state index contributed by atoms with van der Waals surface area (Å²) in [6.07, 6.45) is 0.0734. The number of halogens is 1. The van der Waals surface area contributed by atoms with Crippen molar-refractivity contribution in [1.29, 1.82) is 0 Å². The Bertz CT molecular complexity index is 373. The molecule has 0 spiro atoms. The van der Waals surface area contributed by atoms with Crippen LogP contribution in [0.2, 0.25) is 0 Å². The van der Waals surface area contributed by atoms with Crippen LogP contribution in [0.4, 0.5) is 0 Å². The van der Waals surface area contributed by atoms with E-state index in [0.29, 0.717) is 19.8 Å². The lowest BCUT2D eigenvalue weighted by molar-refractivity contribution is -0.0508. The molecule has 1 aliphatic heterocycles. The molecule has 1 N–H and O–H groups in total. The first-order valence-corrected chi connectivity index (χ1v) is 6.90. The van der Waals surface area contributed by atoms with Crippen LogP contribution in [0, 0.1) is 0 Å². The molecular formula is C13H18BrNO3. The van der Waals surface area contributed by atoms with E-state index in [-0.39, 0.29) is 12.7 Å². The van der Waals surface area contributed by atoms with Crippen molar-refractivity contribution >= 4 is 15.9 Å². The van der Waals surface area contributed by atoms with Crippen molar-refractivity contribution in [1.82, 2.24) is 4.90 Å². The third kappa shape index (κ3) is 4.24. The highest BCUT2D eigenvalue weighted by molar-refractivity contribution is 9.10. The van der Waals surface area contributed by atoms with Crippen LogP contribution in [0.25, 0.3) is 0 Å². The van der Waals surface area contributed by atoms with Crippen molar-refractivity contribution in [2.75, 3.05) is 39.5 Å². The number of β-amino-alcohol motifs (C(OH)–C–C–N with tert-alkyl or cyclic N) is 1. The van der Waals surface area contributed by atoms with Gasteiger partial charge in [-0.25, -0.2) is 0 Å². The fourth-order valence-corrected chi connectivity index (χ4v) is 2.35. The van der Waals surface area contributed by atoms with Crippen molar-refractivity contribution in [3.05, 3.63) is 28.7 Å². The number of aliphatic hydroxyl groups excluding tert-OH is 1. The number of ether oxygens (including phenoxy) is 2. The van der Waals surface area contributed by atoms with Crippen LogP contribution in [0.15, 0.2) is 28.7 Å². The highest BCUT2D eigenvalue weighted by Gasteiger charge is 2.20. The van der Waals surface area contributed by atoms with Crippen molar-refractivity contribution < 1.29 is 14.6 Å². The molecule has 5 heteroatoms. The largest absolute Gasteiger partial charge is 0.491 e. The molecule has 0 aromatic heterocycles. The smallest absolute Gasteiger partial charge is 0.120 e. The number of hydrogen-bond acceptors (Lipinski definition) is 4. The fraction of sp³-hybridized carbons (Fsp3) is 0.538. The lowest BCUT2D eigenvalue weighted by Crippen LogP contribution is -2.45. The zero-order chi connectivity index (χ0) is 12.8. The molecule has 0 unspecified atom stereocenters. The van der Waals surface area contributed by atoms with Crippen molar-refractivity contribution in [2.24, 2.45) is 0 Å². The van der Waals surface area contributed by atoms with Gasteiger partial charge in [-0.3, -0.25) is 4.90 Å². The molecular weight excluding hydrogens is 298 g/mol. The second-order valence-electron chi connectivity index (χ2n) is 4.29. The predicted molar refractivity (Wildman–Crippen MR) is 72.9 cm³/mol. The molecule has 0 amide bonds. The number of hydrogen-bond donors (Lipinski definition) is 1. The lowest BCUT2D eigenvalue weighted by Gasteiger charge is -2.32. The van der Waals surface area contributed by atoms with Gasteiger partial charge in [-0.05, 0) is 18.2 Å². The summed E-state index contributed by atoms with van der Waals surface area (Å²) in [5.41, 5.74) is 0. The summed E-state index contributed by atoms with van der Waals surface area (Å²) in [6.45, 7) is 3.84. The van der Waals surface area contributed by atoms with Crippen molar-refractivity contribution in [3.63, 3.8) is 0 Å². The zero-order valence-corrected chi connectivity index (χ0v) is 11.8. The molecule has 18 heavy (non-hydrogen) atoms. The summed E-state index contributed by atoms with van der Waals surface area (Å²) in [4.78, 5) is 2.19. The molecule has 0 aliphatic carbocycles. The molecule has 0 saturated carbocycles. The first kappa shape index (κ1) is 13.8. The highest BCUT2D eigenvalue weighted by Crippen LogP contribution is 2.18. The van der Waals surface area contributed by atoms with Crippen LogP contribution in [0.1, 0.15) is 0 Å². The minimum Gasteiger partial charge on any atom is -0.491 e.